The van der Waals surface area contributed by atoms with E-state index in [1.165, 1.54) is 0 Å². The molecule has 1 aliphatic carbocycles. The second kappa shape index (κ2) is 2.59. The average molecular weight is 176 g/mol. The molecule has 0 bridgehead atoms. The third kappa shape index (κ3) is 1.13. The van der Waals surface area contributed by atoms with Crippen LogP contribution in [0.25, 0.3) is 0 Å². The maximum Gasteiger partial charge on any atom is 0.163 e. The van der Waals surface area contributed by atoms with Crippen LogP contribution < -0.4 is 0 Å². The number of fused-ring (bicyclic) bond motifs is 1. The van der Waals surface area contributed by atoms with E-state index in [1.54, 1.807) is 6.07 Å². The fourth-order valence-corrected chi connectivity index (χ4v) is 1.87. The molecule has 0 saturated carbocycles. The molecule has 0 radical (unpaired) electrons. The Morgan fingerprint density at radius 2 is 2.15 bits per heavy atom. The van der Waals surface area contributed by atoms with Crippen molar-refractivity contribution in [1.82, 2.24) is 0 Å². The van der Waals surface area contributed by atoms with Crippen LogP contribution in [-0.4, -0.2) is 10.9 Å². The topological polar surface area (TPSA) is 37.3 Å². The minimum Gasteiger partial charge on any atom is -0.508 e. The molecule has 2 nitrogen and oxygen atoms in total. The molecule has 0 heterocycles. The lowest BCUT2D eigenvalue weighted by molar-refractivity contribution is 0.0990. The molecule has 1 N–H and O–H groups in total. The Hall–Kier alpha value is -1.31. The smallest absolute Gasteiger partial charge is 0.163 e. The van der Waals surface area contributed by atoms with Crippen LogP contribution in [0.15, 0.2) is 12.1 Å². The van der Waals surface area contributed by atoms with Crippen molar-refractivity contribution in [2.75, 3.05) is 0 Å². The second-order valence-corrected chi connectivity index (χ2v) is 3.75. The Kier molecular flexibility index (Phi) is 1.65. The van der Waals surface area contributed by atoms with Gasteiger partial charge in [-0.15, -0.1) is 0 Å². The molecule has 0 aliphatic heterocycles. The zero-order valence-electron chi connectivity index (χ0n) is 7.79. The SMILES string of the molecule is Cc1cc2c(cc1O)C(=O)CC2C. The Morgan fingerprint density at radius 3 is 2.85 bits per heavy atom. The summed E-state index contributed by atoms with van der Waals surface area (Å²) in [7, 11) is 0. The van der Waals surface area contributed by atoms with E-state index in [9.17, 15) is 9.90 Å². The molecule has 0 amide bonds. The van der Waals surface area contributed by atoms with Crippen molar-refractivity contribution in [3.63, 3.8) is 0 Å². The number of carbonyl (C=O) groups excluding carboxylic acids is 1. The first-order chi connectivity index (χ1) is 6.09. The third-order valence-electron chi connectivity index (χ3n) is 2.69. The minimum absolute atomic E-state index is 0.151. The van der Waals surface area contributed by atoms with Gasteiger partial charge in [0.1, 0.15) is 5.75 Å². The highest BCUT2D eigenvalue weighted by molar-refractivity contribution is 6.01. The van der Waals surface area contributed by atoms with Crippen LogP contribution in [0.1, 0.15) is 40.7 Å². The molecule has 2 rings (SSSR count). The molecule has 1 aromatic rings. The number of hydrogen-bond donors (Lipinski definition) is 1. The van der Waals surface area contributed by atoms with E-state index in [1.807, 2.05) is 19.9 Å². The highest BCUT2D eigenvalue weighted by Gasteiger charge is 2.26. The van der Waals surface area contributed by atoms with Gasteiger partial charge in [-0.3, -0.25) is 4.79 Å². The molecule has 68 valence electrons. The van der Waals surface area contributed by atoms with Crippen LogP contribution in [0.3, 0.4) is 0 Å². The Morgan fingerprint density at radius 1 is 1.46 bits per heavy atom. The lowest BCUT2D eigenvalue weighted by atomic mass is 10.0. The van der Waals surface area contributed by atoms with Crippen molar-refractivity contribution in [2.24, 2.45) is 0 Å². The average Bonchev–Trinajstić information content (AvgIpc) is 2.31. The van der Waals surface area contributed by atoms with Gasteiger partial charge in [-0.2, -0.15) is 0 Å². The first kappa shape index (κ1) is 8.30. The van der Waals surface area contributed by atoms with Gasteiger partial charge >= 0.3 is 0 Å². The molecule has 13 heavy (non-hydrogen) atoms. The Bertz CT molecular complexity index is 380. The fourth-order valence-electron chi connectivity index (χ4n) is 1.87. The lowest BCUT2D eigenvalue weighted by Crippen LogP contribution is -1.91. The molecular weight excluding hydrogens is 164 g/mol. The van der Waals surface area contributed by atoms with Crippen molar-refractivity contribution in [2.45, 2.75) is 26.2 Å². The van der Waals surface area contributed by atoms with Gasteiger partial charge in [-0.1, -0.05) is 13.0 Å². The highest BCUT2D eigenvalue weighted by Crippen LogP contribution is 2.35. The van der Waals surface area contributed by atoms with Gasteiger partial charge in [0.05, 0.1) is 0 Å². The standard InChI is InChI=1S/C11H12O2/c1-6-4-11(13)9-5-10(12)7(2)3-8(6)9/h3,5-6,12H,4H2,1-2H3. The van der Waals surface area contributed by atoms with Gasteiger partial charge < -0.3 is 5.11 Å². The van der Waals surface area contributed by atoms with Crippen LogP contribution in [0.5, 0.6) is 5.75 Å². The van der Waals surface area contributed by atoms with Crippen molar-refractivity contribution >= 4 is 5.78 Å². The summed E-state index contributed by atoms with van der Waals surface area (Å²) in [6.45, 7) is 3.89. The first-order valence-corrected chi connectivity index (χ1v) is 4.46. The minimum atomic E-state index is 0.151. The fraction of sp³-hybridized carbons (Fsp3) is 0.364. The van der Waals surface area contributed by atoms with Crippen LogP contribution >= 0.6 is 0 Å². The van der Waals surface area contributed by atoms with Crippen molar-refractivity contribution in [1.29, 1.82) is 0 Å². The number of hydrogen-bond acceptors (Lipinski definition) is 2. The number of rotatable bonds is 0. The van der Waals surface area contributed by atoms with Gasteiger partial charge in [0.15, 0.2) is 5.78 Å². The quantitative estimate of drug-likeness (QED) is 0.659. The predicted octanol–water partition coefficient (Wildman–Crippen LogP) is 2.39. The van der Waals surface area contributed by atoms with Crippen molar-refractivity contribution in [3.05, 3.63) is 28.8 Å². The lowest BCUT2D eigenvalue weighted by Gasteiger charge is -2.05. The zero-order valence-corrected chi connectivity index (χ0v) is 7.79. The normalized spacial score (nSPS) is 20.5. The molecule has 0 aromatic heterocycles. The van der Waals surface area contributed by atoms with Crippen LogP contribution in [-0.2, 0) is 0 Å². The summed E-state index contributed by atoms with van der Waals surface area (Å²) in [5, 5.41) is 9.44. The summed E-state index contributed by atoms with van der Waals surface area (Å²) in [5.41, 5.74) is 2.64. The summed E-state index contributed by atoms with van der Waals surface area (Å²) in [6, 6.07) is 3.51. The molecule has 1 aliphatic rings. The third-order valence-corrected chi connectivity index (χ3v) is 2.69. The maximum absolute atomic E-state index is 11.4. The van der Waals surface area contributed by atoms with E-state index in [4.69, 9.17) is 0 Å². The molecule has 0 fully saturated rings. The van der Waals surface area contributed by atoms with E-state index in [-0.39, 0.29) is 11.5 Å². The van der Waals surface area contributed by atoms with E-state index in [2.05, 4.69) is 0 Å². The highest BCUT2D eigenvalue weighted by atomic mass is 16.3. The van der Waals surface area contributed by atoms with E-state index < -0.39 is 0 Å². The van der Waals surface area contributed by atoms with Crippen LogP contribution in [0.2, 0.25) is 0 Å². The number of carbonyl (C=O) groups is 1. The molecule has 1 aromatic carbocycles. The second-order valence-electron chi connectivity index (χ2n) is 3.75. The summed E-state index contributed by atoms with van der Waals surface area (Å²) in [6.07, 6.45) is 0.582. The molecule has 1 unspecified atom stereocenters. The van der Waals surface area contributed by atoms with Gasteiger partial charge in [-0.25, -0.2) is 0 Å². The number of aromatic hydroxyl groups is 1. The number of benzene rings is 1. The number of aryl methyl sites for hydroxylation is 1. The Labute approximate surface area is 77.2 Å². The van der Waals surface area contributed by atoms with Gasteiger partial charge in [0.25, 0.3) is 0 Å². The summed E-state index contributed by atoms with van der Waals surface area (Å²) in [4.78, 5) is 11.4. The Balaban J connectivity index is 2.65. The zero-order chi connectivity index (χ0) is 9.59. The predicted molar refractivity (Wildman–Crippen MR) is 50.2 cm³/mol. The number of phenols is 1. The largest absolute Gasteiger partial charge is 0.508 e. The van der Waals surface area contributed by atoms with Crippen molar-refractivity contribution < 1.29 is 9.90 Å². The first-order valence-electron chi connectivity index (χ1n) is 4.46. The molecular formula is C11H12O2. The summed E-state index contributed by atoms with van der Waals surface area (Å²) < 4.78 is 0. The van der Waals surface area contributed by atoms with Gasteiger partial charge in [0.2, 0.25) is 0 Å². The molecule has 0 saturated heterocycles. The summed E-state index contributed by atoms with van der Waals surface area (Å²) >= 11 is 0. The molecule has 1 atom stereocenters. The monoisotopic (exact) mass is 176 g/mol. The molecule has 2 heteroatoms. The number of phenolic OH excluding ortho intramolecular Hbond substituents is 1. The maximum atomic E-state index is 11.4. The van der Waals surface area contributed by atoms with E-state index in [0.29, 0.717) is 17.9 Å². The van der Waals surface area contributed by atoms with E-state index in [0.717, 1.165) is 11.1 Å². The number of ketones is 1. The van der Waals surface area contributed by atoms with Crippen LogP contribution in [0.4, 0.5) is 0 Å². The van der Waals surface area contributed by atoms with E-state index >= 15 is 0 Å². The van der Waals surface area contributed by atoms with Gasteiger partial charge in [-0.05, 0) is 30.0 Å². The van der Waals surface area contributed by atoms with Crippen molar-refractivity contribution in [3.8, 4) is 5.75 Å². The van der Waals surface area contributed by atoms with Gasteiger partial charge in [0, 0.05) is 12.0 Å². The summed E-state index contributed by atoms with van der Waals surface area (Å²) in [5.74, 6) is 0.681. The number of Topliss-reactive ketones (excluding diaryl/α,β-unsaturated/α-hetero) is 1. The molecule has 0 spiro atoms. The van der Waals surface area contributed by atoms with Crippen LogP contribution in [0, 0.1) is 6.92 Å².